The third kappa shape index (κ3) is 64.5. The summed E-state index contributed by atoms with van der Waals surface area (Å²) < 4.78 is 16.9. The third-order valence-electron chi connectivity index (χ3n) is 14.0. The zero-order valence-corrected chi connectivity index (χ0v) is 51.6. The number of ether oxygens (including phenoxy) is 3. The van der Waals surface area contributed by atoms with Gasteiger partial charge >= 0.3 is 17.9 Å². The minimum absolute atomic E-state index is 0.0896. The molecule has 1 atom stereocenters. The molecule has 0 fully saturated rings. The zero-order valence-electron chi connectivity index (χ0n) is 51.6. The van der Waals surface area contributed by atoms with Crippen LogP contribution < -0.4 is 0 Å². The van der Waals surface area contributed by atoms with E-state index in [0.717, 1.165) is 122 Å². The normalized spacial score (nSPS) is 12.9. The Balaban J connectivity index is 4.36. The van der Waals surface area contributed by atoms with Crippen LogP contribution >= 0.6 is 0 Å². The molecule has 6 nitrogen and oxygen atoms in total. The summed E-state index contributed by atoms with van der Waals surface area (Å²) in [5.74, 6) is -0.922. The van der Waals surface area contributed by atoms with Gasteiger partial charge in [-0.3, -0.25) is 14.4 Å². The van der Waals surface area contributed by atoms with E-state index in [1.807, 2.05) is 0 Å². The molecule has 0 saturated carbocycles. The molecule has 0 heterocycles. The van der Waals surface area contributed by atoms with Crippen molar-refractivity contribution in [1.29, 1.82) is 0 Å². The molecule has 0 aromatic rings. The van der Waals surface area contributed by atoms with Crippen LogP contribution in [-0.4, -0.2) is 37.2 Å². The molecule has 0 amide bonds. The molecule has 0 aromatic carbocycles. The Hall–Kier alpha value is -4.19. The van der Waals surface area contributed by atoms with Crippen LogP contribution in [0.25, 0.3) is 0 Å². The van der Waals surface area contributed by atoms with Crippen LogP contribution in [0.2, 0.25) is 0 Å². The summed E-state index contributed by atoms with van der Waals surface area (Å²) in [5, 5.41) is 0. The second-order valence-corrected chi connectivity index (χ2v) is 21.6. The highest BCUT2D eigenvalue weighted by Gasteiger charge is 2.19. The summed E-state index contributed by atoms with van der Waals surface area (Å²) >= 11 is 0. The quantitative estimate of drug-likeness (QED) is 0.0261. The van der Waals surface area contributed by atoms with E-state index in [2.05, 4.69) is 142 Å². The molecule has 1 unspecified atom stereocenters. The first kappa shape index (κ1) is 74.8. The Labute approximate surface area is 488 Å². The van der Waals surface area contributed by atoms with Gasteiger partial charge in [-0.1, -0.05) is 290 Å². The Kier molecular flexibility index (Phi) is 62.8. The molecule has 0 aliphatic rings. The van der Waals surface area contributed by atoms with Gasteiger partial charge in [-0.2, -0.15) is 0 Å². The molecule has 0 spiro atoms. The van der Waals surface area contributed by atoms with E-state index < -0.39 is 6.10 Å². The maximum atomic E-state index is 12.9. The standard InChI is InChI=1S/C73H122O6/c1-4-7-10-13-16-19-22-25-27-29-31-32-33-34-35-36-37-38-39-40-41-42-43-45-46-48-51-54-57-60-63-66-72(75)78-69-70(68-77-71(74)65-62-59-56-53-50-24-21-18-15-12-9-6-3)79-73(76)67-64-61-58-55-52-49-47-44-30-28-26-23-20-17-14-11-8-5-2/h7,10,16,19,25,27-28,30-32,34-35,37-38,40-41,43,45,48,51,70H,4-6,8-9,11-15,17-18,20-24,26,29,33,36,39,42,44,46-47,49-50,52-69H2,1-3H3/b10-7-,19-16-,27-25-,30-28-,32-31-,35-34-,38-37-,41-40-,45-43-,51-48-. The van der Waals surface area contributed by atoms with Crippen LogP contribution in [0.15, 0.2) is 122 Å². The lowest BCUT2D eigenvalue weighted by Gasteiger charge is -2.18. The van der Waals surface area contributed by atoms with Crippen molar-refractivity contribution in [2.75, 3.05) is 13.2 Å². The van der Waals surface area contributed by atoms with Gasteiger partial charge in [-0.05, 0) is 116 Å². The maximum absolute atomic E-state index is 12.9. The summed E-state index contributed by atoms with van der Waals surface area (Å²) in [5.41, 5.74) is 0. The number of hydrogen-bond acceptors (Lipinski definition) is 6. The molecule has 0 bridgehead atoms. The lowest BCUT2D eigenvalue weighted by atomic mass is 10.0. The molecule has 450 valence electrons. The molecule has 0 aliphatic heterocycles. The third-order valence-corrected chi connectivity index (χ3v) is 14.0. The molecule has 0 N–H and O–H groups in total. The van der Waals surface area contributed by atoms with Gasteiger partial charge in [0.25, 0.3) is 0 Å². The Bertz CT molecular complexity index is 1640. The first-order valence-corrected chi connectivity index (χ1v) is 33.0. The van der Waals surface area contributed by atoms with E-state index >= 15 is 0 Å². The number of unbranched alkanes of at least 4 members (excludes halogenated alkanes) is 28. The van der Waals surface area contributed by atoms with Gasteiger partial charge in [0.2, 0.25) is 0 Å². The Morgan fingerprint density at radius 2 is 0.494 bits per heavy atom. The lowest BCUT2D eigenvalue weighted by molar-refractivity contribution is -0.167. The second-order valence-electron chi connectivity index (χ2n) is 21.6. The van der Waals surface area contributed by atoms with Crippen molar-refractivity contribution in [3.05, 3.63) is 122 Å². The first-order chi connectivity index (χ1) is 39.0. The number of esters is 3. The van der Waals surface area contributed by atoms with Crippen LogP contribution in [-0.2, 0) is 28.6 Å². The smallest absolute Gasteiger partial charge is 0.306 e. The number of rotatable bonds is 59. The fourth-order valence-corrected chi connectivity index (χ4v) is 9.02. The Morgan fingerprint density at radius 3 is 0.797 bits per heavy atom. The van der Waals surface area contributed by atoms with Gasteiger partial charge in [0.1, 0.15) is 13.2 Å². The monoisotopic (exact) mass is 1090 g/mol. The molecular weight excluding hydrogens is 973 g/mol. The van der Waals surface area contributed by atoms with Crippen molar-refractivity contribution in [2.45, 2.75) is 309 Å². The van der Waals surface area contributed by atoms with E-state index in [4.69, 9.17) is 14.2 Å². The number of carbonyl (C=O) groups is 3. The first-order valence-electron chi connectivity index (χ1n) is 33.0. The van der Waals surface area contributed by atoms with E-state index in [9.17, 15) is 14.4 Å². The van der Waals surface area contributed by atoms with Gasteiger partial charge in [-0.15, -0.1) is 0 Å². The minimum Gasteiger partial charge on any atom is -0.462 e. The van der Waals surface area contributed by atoms with Crippen LogP contribution in [0, 0.1) is 0 Å². The topological polar surface area (TPSA) is 78.9 Å². The highest BCUT2D eigenvalue weighted by atomic mass is 16.6. The average Bonchev–Trinajstić information content (AvgIpc) is 3.45. The van der Waals surface area contributed by atoms with Crippen molar-refractivity contribution in [1.82, 2.24) is 0 Å². The van der Waals surface area contributed by atoms with Crippen LogP contribution in [0.3, 0.4) is 0 Å². The minimum atomic E-state index is -0.796. The fraction of sp³-hybridized carbons (Fsp3) is 0.685. The summed E-state index contributed by atoms with van der Waals surface area (Å²) in [4.78, 5) is 38.3. The van der Waals surface area contributed by atoms with Crippen molar-refractivity contribution in [2.24, 2.45) is 0 Å². The molecule has 0 rings (SSSR count). The molecular formula is C73H122O6. The molecule has 6 heteroatoms. The second kappa shape index (κ2) is 66.3. The van der Waals surface area contributed by atoms with Gasteiger partial charge in [0, 0.05) is 19.3 Å². The summed E-state index contributed by atoms with van der Waals surface area (Å²) in [6.45, 7) is 6.51. The van der Waals surface area contributed by atoms with Gasteiger partial charge in [-0.25, -0.2) is 0 Å². The summed E-state index contributed by atoms with van der Waals surface area (Å²) in [7, 11) is 0. The maximum Gasteiger partial charge on any atom is 0.306 e. The summed E-state index contributed by atoms with van der Waals surface area (Å²) in [6, 6.07) is 0. The van der Waals surface area contributed by atoms with Crippen molar-refractivity contribution < 1.29 is 28.6 Å². The predicted octanol–water partition coefficient (Wildman–Crippen LogP) is 22.8. The van der Waals surface area contributed by atoms with Crippen molar-refractivity contribution in [3.63, 3.8) is 0 Å². The molecule has 0 radical (unpaired) electrons. The SMILES string of the molecule is CC/C=C\C/C=C\C/C=C\C/C=C\C/C=C\C/C=C\C/C=C\C/C=C\C/C=C\CCCCCC(=O)OCC(COC(=O)CCCCCCCCCCCCCC)OC(=O)CCCCCCCCC/C=C\CCCCCCCCC. The average molecular weight is 1100 g/mol. The van der Waals surface area contributed by atoms with Crippen molar-refractivity contribution >= 4 is 17.9 Å². The van der Waals surface area contributed by atoms with E-state index in [1.54, 1.807) is 0 Å². The van der Waals surface area contributed by atoms with Crippen molar-refractivity contribution in [3.8, 4) is 0 Å². The van der Waals surface area contributed by atoms with E-state index in [0.29, 0.717) is 19.3 Å². The zero-order chi connectivity index (χ0) is 57.1. The Morgan fingerprint density at radius 1 is 0.266 bits per heavy atom. The molecule has 0 saturated heterocycles. The predicted molar refractivity (Wildman–Crippen MR) is 343 cm³/mol. The highest BCUT2D eigenvalue weighted by Crippen LogP contribution is 2.16. The van der Waals surface area contributed by atoms with E-state index in [1.165, 1.54) is 141 Å². The molecule has 0 aromatic heterocycles. The van der Waals surface area contributed by atoms with Crippen LogP contribution in [0.5, 0.6) is 0 Å². The molecule has 0 aliphatic carbocycles. The number of carbonyl (C=O) groups excluding carboxylic acids is 3. The largest absolute Gasteiger partial charge is 0.462 e. The fourth-order valence-electron chi connectivity index (χ4n) is 9.02. The number of hydrogen-bond donors (Lipinski definition) is 0. The lowest BCUT2D eigenvalue weighted by Crippen LogP contribution is -2.30. The highest BCUT2D eigenvalue weighted by molar-refractivity contribution is 5.71. The molecule has 79 heavy (non-hydrogen) atoms. The van der Waals surface area contributed by atoms with Crippen LogP contribution in [0.4, 0.5) is 0 Å². The van der Waals surface area contributed by atoms with Gasteiger partial charge < -0.3 is 14.2 Å². The van der Waals surface area contributed by atoms with Gasteiger partial charge in [0.05, 0.1) is 0 Å². The summed E-state index contributed by atoms with van der Waals surface area (Å²) in [6.07, 6.45) is 92.1. The van der Waals surface area contributed by atoms with E-state index in [-0.39, 0.29) is 31.1 Å². The van der Waals surface area contributed by atoms with Gasteiger partial charge in [0.15, 0.2) is 6.10 Å². The number of allylic oxidation sites excluding steroid dienone is 20. The van der Waals surface area contributed by atoms with Crippen LogP contribution in [0.1, 0.15) is 303 Å².